The van der Waals surface area contributed by atoms with E-state index in [4.69, 9.17) is 4.74 Å². The second-order valence-corrected chi connectivity index (χ2v) is 16.7. The zero-order chi connectivity index (χ0) is 40.1. The number of nitrogens with one attached hydrogen (secondary N) is 2. The van der Waals surface area contributed by atoms with Gasteiger partial charge in [0.25, 0.3) is 5.91 Å². The fraction of sp³-hybridized carbons (Fsp3) is 0.659. The van der Waals surface area contributed by atoms with Gasteiger partial charge >= 0.3 is 11.9 Å². The summed E-state index contributed by atoms with van der Waals surface area (Å²) in [6.45, 7) is 14.3. The lowest BCUT2D eigenvalue weighted by atomic mass is 9.92. The van der Waals surface area contributed by atoms with Crippen LogP contribution in [-0.2, 0) is 30.3 Å². The largest absolute Gasteiger partial charge is 0.481 e. The number of esters is 1. The normalized spacial score (nSPS) is 18.2. The highest BCUT2D eigenvalue weighted by Crippen LogP contribution is 2.32. The smallest absolute Gasteiger partial charge is 0.306 e. The molecule has 0 aliphatic carbocycles. The Labute approximate surface area is 325 Å². The summed E-state index contributed by atoms with van der Waals surface area (Å²) in [7, 11) is 3.68. The van der Waals surface area contributed by atoms with E-state index in [-0.39, 0.29) is 60.6 Å². The molecule has 12 nitrogen and oxygen atoms in total. The molecule has 1 aromatic heterocycles. The van der Waals surface area contributed by atoms with Gasteiger partial charge in [0.05, 0.1) is 12.0 Å². The Bertz CT molecular complexity index is 1530. The summed E-state index contributed by atoms with van der Waals surface area (Å²) in [5.41, 5.74) is 1.10. The molecule has 300 valence electrons. The highest BCUT2D eigenvalue weighted by molar-refractivity contribution is 7.09. The summed E-state index contributed by atoms with van der Waals surface area (Å²) < 4.78 is 6.07. The van der Waals surface area contributed by atoms with E-state index in [9.17, 15) is 29.1 Å². The number of ether oxygens (including phenoxy) is 1. The molecule has 0 bridgehead atoms. The van der Waals surface area contributed by atoms with Crippen LogP contribution in [-0.4, -0.2) is 94.4 Å². The number of aromatic nitrogens is 1. The first kappa shape index (κ1) is 44.6. The van der Waals surface area contributed by atoms with Crippen molar-refractivity contribution in [3.8, 4) is 0 Å². The van der Waals surface area contributed by atoms with Crippen LogP contribution in [0.4, 0.5) is 0 Å². The Morgan fingerprint density at radius 3 is 2.30 bits per heavy atom. The molecule has 1 saturated heterocycles. The molecule has 1 aliphatic rings. The van der Waals surface area contributed by atoms with E-state index in [1.165, 1.54) is 11.3 Å². The molecule has 1 unspecified atom stereocenters. The second kappa shape index (κ2) is 21.3. The summed E-state index contributed by atoms with van der Waals surface area (Å²) in [5.74, 6) is -2.93. The van der Waals surface area contributed by atoms with Crippen molar-refractivity contribution in [2.24, 2.45) is 23.7 Å². The lowest BCUT2D eigenvalue weighted by molar-refractivity contribution is -0.152. The van der Waals surface area contributed by atoms with Crippen molar-refractivity contribution in [1.29, 1.82) is 0 Å². The molecule has 3 N–H and O–H groups in total. The van der Waals surface area contributed by atoms with Gasteiger partial charge in [-0.05, 0) is 62.6 Å². The lowest BCUT2D eigenvalue weighted by Crippen LogP contribution is -2.58. The molecule has 1 fully saturated rings. The van der Waals surface area contributed by atoms with E-state index in [2.05, 4.69) is 20.5 Å². The Kier molecular flexibility index (Phi) is 17.6. The molecule has 2 heterocycles. The van der Waals surface area contributed by atoms with Crippen molar-refractivity contribution in [2.75, 3.05) is 20.6 Å². The number of piperidine rings is 1. The van der Waals surface area contributed by atoms with Crippen molar-refractivity contribution >= 4 is 41.0 Å². The number of carboxylic acid groups (broad SMARTS) is 1. The van der Waals surface area contributed by atoms with Crippen LogP contribution in [0.2, 0.25) is 0 Å². The van der Waals surface area contributed by atoms with Crippen LogP contribution < -0.4 is 10.6 Å². The van der Waals surface area contributed by atoms with Gasteiger partial charge in [0.1, 0.15) is 16.7 Å². The number of carbonyl (C=O) groups excluding carboxylic acids is 4. The first-order chi connectivity index (χ1) is 25.5. The summed E-state index contributed by atoms with van der Waals surface area (Å²) in [6.07, 6.45) is 3.71. The quantitative estimate of drug-likeness (QED) is 0.135. The van der Waals surface area contributed by atoms with Crippen LogP contribution in [0.25, 0.3) is 0 Å². The molecule has 0 radical (unpaired) electrons. The van der Waals surface area contributed by atoms with Gasteiger partial charge in [-0.2, -0.15) is 0 Å². The third-order valence-electron chi connectivity index (χ3n) is 10.5. The van der Waals surface area contributed by atoms with Crippen LogP contribution in [0, 0.1) is 23.7 Å². The predicted octanol–water partition coefficient (Wildman–Crippen LogP) is 6.11. The number of amides is 3. The fourth-order valence-corrected chi connectivity index (χ4v) is 7.82. The topological polar surface area (TPSA) is 158 Å². The maximum Gasteiger partial charge on any atom is 0.306 e. The summed E-state index contributed by atoms with van der Waals surface area (Å²) in [5, 5.41) is 17.7. The van der Waals surface area contributed by atoms with Crippen molar-refractivity contribution < 1.29 is 33.8 Å². The molecule has 7 atom stereocenters. The minimum atomic E-state index is -0.942. The van der Waals surface area contributed by atoms with Crippen LogP contribution in [0.3, 0.4) is 0 Å². The van der Waals surface area contributed by atoms with Crippen molar-refractivity contribution in [2.45, 2.75) is 130 Å². The van der Waals surface area contributed by atoms with Crippen LogP contribution >= 0.6 is 11.3 Å². The summed E-state index contributed by atoms with van der Waals surface area (Å²) in [4.78, 5) is 74.6. The Hall–Kier alpha value is -3.84. The Balaban J connectivity index is 1.87. The molecular formula is C41H63N5O7S. The molecule has 3 rings (SSSR count). The number of likely N-dealkylation sites (tertiary alicyclic amines) is 1. The SMILES string of the molecule is CC[C@H](C)[C@H](NC(=O)C1CCCCN1C)C(=O)N(C)[C@H](C[C@@H](OC(=O)CC(C)C)c1nc(C(=O)N[C@@H](Cc2ccccc2)C[C@H](C)C(=O)O)cs1)C(C)C. The van der Waals surface area contributed by atoms with Crippen LogP contribution in [0.5, 0.6) is 0 Å². The highest BCUT2D eigenvalue weighted by atomic mass is 32.1. The number of rotatable bonds is 20. The van der Waals surface area contributed by atoms with Crippen molar-refractivity contribution in [3.63, 3.8) is 0 Å². The van der Waals surface area contributed by atoms with Crippen molar-refractivity contribution in [3.05, 3.63) is 52.0 Å². The lowest BCUT2D eigenvalue weighted by Gasteiger charge is -2.38. The first-order valence-electron chi connectivity index (χ1n) is 19.5. The highest BCUT2D eigenvalue weighted by Gasteiger charge is 2.37. The maximum atomic E-state index is 14.3. The molecular weight excluding hydrogens is 707 g/mol. The van der Waals surface area contributed by atoms with Gasteiger partial charge in [-0.25, -0.2) is 4.98 Å². The average Bonchev–Trinajstić information content (AvgIpc) is 3.62. The van der Waals surface area contributed by atoms with Gasteiger partial charge < -0.3 is 25.4 Å². The minimum Gasteiger partial charge on any atom is -0.481 e. The molecule has 3 amide bonds. The van der Waals surface area contributed by atoms with Gasteiger partial charge in [-0.1, -0.05) is 91.6 Å². The van der Waals surface area contributed by atoms with Gasteiger partial charge in [-0.15, -0.1) is 11.3 Å². The standard InChI is InChI=1S/C41H63N5O7S/c1-10-27(6)36(44-38(49)32-18-14-15-19-45(32)8)40(50)46(9)33(26(4)5)23-34(53-35(47)20-25(2)3)39-43-31(24-54-39)37(48)42-30(21-28(7)41(51)52)22-29-16-12-11-13-17-29/h11-13,16-17,24-28,30,32-34,36H,10,14-15,18-23H2,1-9H3,(H,42,48)(H,44,49)(H,51,52)/t27-,28-,30+,32?,33+,34+,36-/m0/s1. The van der Waals surface area contributed by atoms with E-state index in [0.29, 0.717) is 17.8 Å². The monoisotopic (exact) mass is 769 g/mol. The first-order valence-corrected chi connectivity index (χ1v) is 20.4. The van der Waals surface area contributed by atoms with E-state index >= 15 is 0 Å². The Morgan fingerprint density at radius 1 is 1.02 bits per heavy atom. The van der Waals surface area contributed by atoms with Crippen LogP contribution in [0.15, 0.2) is 35.7 Å². The molecule has 2 aromatic rings. The number of nitrogens with zero attached hydrogens (tertiary/aromatic N) is 3. The zero-order valence-electron chi connectivity index (χ0n) is 33.7. The van der Waals surface area contributed by atoms with E-state index in [1.807, 2.05) is 78.9 Å². The number of carbonyl (C=O) groups is 5. The zero-order valence-corrected chi connectivity index (χ0v) is 34.5. The number of hydrogen-bond donors (Lipinski definition) is 3. The Morgan fingerprint density at radius 2 is 1.70 bits per heavy atom. The number of likely N-dealkylation sites (N-methyl/N-ethyl adjacent to an activating group) is 2. The number of benzene rings is 1. The van der Waals surface area contributed by atoms with Gasteiger partial charge in [0.2, 0.25) is 11.8 Å². The third-order valence-corrected chi connectivity index (χ3v) is 11.5. The molecule has 0 spiro atoms. The van der Waals surface area contributed by atoms with Gasteiger partial charge in [-0.3, -0.25) is 28.9 Å². The summed E-state index contributed by atoms with van der Waals surface area (Å²) in [6, 6.07) is 7.69. The third kappa shape index (κ3) is 13.2. The second-order valence-electron chi connectivity index (χ2n) is 15.8. The predicted molar refractivity (Wildman–Crippen MR) is 211 cm³/mol. The van der Waals surface area contributed by atoms with Gasteiger partial charge in [0, 0.05) is 37.4 Å². The molecule has 54 heavy (non-hydrogen) atoms. The van der Waals surface area contributed by atoms with Crippen molar-refractivity contribution in [1.82, 2.24) is 25.4 Å². The molecule has 1 aliphatic heterocycles. The molecule has 0 saturated carbocycles. The van der Waals surface area contributed by atoms with E-state index in [0.717, 1.165) is 31.4 Å². The fourth-order valence-electron chi connectivity index (χ4n) is 6.98. The minimum absolute atomic E-state index is 0.0544. The molecule has 1 aromatic carbocycles. The maximum absolute atomic E-state index is 14.3. The molecule has 13 heteroatoms. The number of thiazole rings is 1. The number of carboxylic acids is 1. The van der Waals surface area contributed by atoms with E-state index < -0.39 is 48.0 Å². The summed E-state index contributed by atoms with van der Waals surface area (Å²) >= 11 is 1.20. The average molecular weight is 770 g/mol. The number of hydrogen-bond acceptors (Lipinski definition) is 9. The van der Waals surface area contributed by atoms with E-state index in [1.54, 1.807) is 24.3 Å². The van der Waals surface area contributed by atoms with Crippen LogP contribution in [0.1, 0.15) is 121 Å². The van der Waals surface area contributed by atoms with Gasteiger partial charge in [0.15, 0.2) is 6.10 Å². The number of aliphatic carboxylic acids is 1.